The third-order valence-corrected chi connectivity index (χ3v) is 2.34. The van der Waals surface area contributed by atoms with Gasteiger partial charge in [-0.2, -0.15) is 0 Å². The van der Waals surface area contributed by atoms with Crippen molar-refractivity contribution in [1.82, 2.24) is 0 Å². The molecule has 0 aromatic rings. The van der Waals surface area contributed by atoms with Crippen LogP contribution in [0.4, 0.5) is 0 Å². The molecule has 0 aliphatic carbocycles. The topological polar surface area (TPSA) is 18.5 Å². The van der Waals surface area contributed by atoms with Crippen LogP contribution in [0, 0.1) is 11.8 Å². The van der Waals surface area contributed by atoms with Gasteiger partial charge in [0.25, 0.3) is 0 Å². The lowest BCUT2D eigenvalue weighted by Gasteiger charge is -2.07. The summed E-state index contributed by atoms with van der Waals surface area (Å²) in [4.78, 5) is 0. The van der Waals surface area contributed by atoms with E-state index in [4.69, 9.17) is 9.47 Å². The summed E-state index contributed by atoms with van der Waals surface area (Å²) in [5.41, 5.74) is 0. The molecule has 0 amide bonds. The zero-order valence-electron chi connectivity index (χ0n) is 5.67. The van der Waals surface area contributed by atoms with E-state index in [0.717, 1.165) is 19.1 Å². The first-order valence-electron chi connectivity index (χ1n) is 3.61. The van der Waals surface area contributed by atoms with Gasteiger partial charge in [-0.05, 0) is 12.3 Å². The van der Waals surface area contributed by atoms with Crippen LogP contribution in [-0.4, -0.2) is 19.5 Å². The van der Waals surface area contributed by atoms with Crippen molar-refractivity contribution >= 4 is 0 Å². The number of ether oxygens (including phenoxy) is 2. The molecule has 1 unspecified atom stereocenters. The maximum absolute atomic E-state index is 5.37. The number of hydrogen-bond acceptors (Lipinski definition) is 2. The highest BCUT2D eigenvalue weighted by Gasteiger charge is 2.38. The van der Waals surface area contributed by atoms with Crippen LogP contribution in [0.25, 0.3) is 0 Å². The zero-order chi connectivity index (χ0) is 6.27. The molecule has 52 valence electrons. The Morgan fingerprint density at radius 2 is 2.22 bits per heavy atom. The van der Waals surface area contributed by atoms with Crippen molar-refractivity contribution < 1.29 is 9.47 Å². The summed E-state index contributed by atoms with van der Waals surface area (Å²) in [6, 6.07) is 0. The maximum atomic E-state index is 5.37. The highest BCUT2D eigenvalue weighted by molar-refractivity contribution is 4.79. The summed E-state index contributed by atoms with van der Waals surface area (Å²) in [5.74, 6) is 1.42. The highest BCUT2D eigenvalue weighted by atomic mass is 16.7. The average Bonchev–Trinajstić information content (AvgIpc) is 2.35. The minimum atomic E-state index is 0.153. The second-order valence-corrected chi connectivity index (χ2v) is 3.00. The molecule has 0 saturated carbocycles. The number of fused-ring (bicyclic) bond motifs is 1. The van der Waals surface area contributed by atoms with Gasteiger partial charge >= 0.3 is 0 Å². The highest BCUT2D eigenvalue weighted by Crippen LogP contribution is 2.34. The molecule has 2 rings (SSSR count). The van der Waals surface area contributed by atoms with Gasteiger partial charge in [-0.15, -0.1) is 0 Å². The lowest BCUT2D eigenvalue weighted by Crippen LogP contribution is -2.12. The van der Waals surface area contributed by atoms with Gasteiger partial charge < -0.3 is 9.47 Å². The second kappa shape index (κ2) is 1.96. The standard InChI is InChI=1S/C7H12O2/c1-5-4-9-7-6(5)2-3-8-7/h5-7H,2-4H2,1H3/t5?,6-,7+/m0/s1. The SMILES string of the molecule is CC1CO[C@H]2OCC[C@@H]12. The quantitative estimate of drug-likeness (QED) is 0.485. The van der Waals surface area contributed by atoms with E-state index in [-0.39, 0.29) is 6.29 Å². The molecular weight excluding hydrogens is 116 g/mol. The normalized spacial score (nSPS) is 49.7. The molecule has 0 bridgehead atoms. The lowest BCUT2D eigenvalue weighted by molar-refractivity contribution is -0.0905. The third kappa shape index (κ3) is 0.775. The molecule has 9 heavy (non-hydrogen) atoms. The van der Waals surface area contributed by atoms with Crippen LogP contribution in [0.5, 0.6) is 0 Å². The first-order chi connectivity index (χ1) is 4.38. The van der Waals surface area contributed by atoms with Crippen molar-refractivity contribution in [2.45, 2.75) is 19.6 Å². The molecule has 0 radical (unpaired) electrons. The molecule has 2 aliphatic rings. The minimum absolute atomic E-state index is 0.153. The van der Waals surface area contributed by atoms with E-state index in [1.807, 2.05) is 0 Å². The van der Waals surface area contributed by atoms with Crippen LogP contribution < -0.4 is 0 Å². The van der Waals surface area contributed by atoms with Crippen LogP contribution in [-0.2, 0) is 9.47 Å². The van der Waals surface area contributed by atoms with E-state index < -0.39 is 0 Å². The predicted octanol–water partition coefficient (Wildman–Crippen LogP) is 1.02. The van der Waals surface area contributed by atoms with Crippen LogP contribution in [0.3, 0.4) is 0 Å². The molecule has 2 saturated heterocycles. The van der Waals surface area contributed by atoms with Crippen molar-refractivity contribution in [1.29, 1.82) is 0 Å². The van der Waals surface area contributed by atoms with Gasteiger partial charge in [-0.3, -0.25) is 0 Å². The molecule has 2 aliphatic heterocycles. The van der Waals surface area contributed by atoms with Crippen molar-refractivity contribution in [3.8, 4) is 0 Å². The fourth-order valence-corrected chi connectivity index (χ4v) is 1.67. The van der Waals surface area contributed by atoms with E-state index in [1.165, 1.54) is 6.42 Å². The Bertz CT molecular complexity index is 113. The van der Waals surface area contributed by atoms with Gasteiger partial charge in [-0.1, -0.05) is 6.92 Å². The Labute approximate surface area is 55.1 Å². The summed E-state index contributed by atoms with van der Waals surface area (Å²) < 4.78 is 10.7. The summed E-state index contributed by atoms with van der Waals surface area (Å²) in [6.45, 7) is 4.04. The fourth-order valence-electron chi connectivity index (χ4n) is 1.67. The van der Waals surface area contributed by atoms with Gasteiger partial charge in [0, 0.05) is 5.92 Å². The van der Waals surface area contributed by atoms with Gasteiger partial charge in [0.05, 0.1) is 13.2 Å². The molecule has 3 atom stereocenters. The number of rotatable bonds is 0. The van der Waals surface area contributed by atoms with Gasteiger partial charge in [-0.25, -0.2) is 0 Å². The third-order valence-electron chi connectivity index (χ3n) is 2.34. The Balaban J connectivity index is 2.07. The zero-order valence-corrected chi connectivity index (χ0v) is 5.67. The Kier molecular flexibility index (Phi) is 1.24. The molecule has 2 heteroatoms. The Hall–Kier alpha value is -0.0800. The Morgan fingerprint density at radius 3 is 3.00 bits per heavy atom. The molecule has 2 nitrogen and oxygen atoms in total. The first-order valence-corrected chi connectivity index (χ1v) is 3.61. The van der Waals surface area contributed by atoms with E-state index in [2.05, 4.69) is 6.92 Å². The number of hydrogen-bond donors (Lipinski definition) is 0. The second-order valence-electron chi connectivity index (χ2n) is 3.00. The minimum Gasteiger partial charge on any atom is -0.352 e. The summed E-state index contributed by atoms with van der Waals surface area (Å²) in [6.07, 6.45) is 1.35. The monoisotopic (exact) mass is 128 g/mol. The van der Waals surface area contributed by atoms with Crippen LogP contribution >= 0.6 is 0 Å². The average molecular weight is 128 g/mol. The van der Waals surface area contributed by atoms with Gasteiger partial charge in [0.2, 0.25) is 0 Å². The van der Waals surface area contributed by atoms with E-state index in [9.17, 15) is 0 Å². The first kappa shape index (κ1) is 5.69. The van der Waals surface area contributed by atoms with Crippen molar-refractivity contribution in [3.63, 3.8) is 0 Å². The van der Waals surface area contributed by atoms with Crippen LogP contribution in [0.15, 0.2) is 0 Å². The molecule has 0 aromatic heterocycles. The molecule has 0 aromatic carbocycles. The summed E-state index contributed by atoms with van der Waals surface area (Å²) >= 11 is 0. The molecular formula is C7H12O2. The molecule has 2 heterocycles. The van der Waals surface area contributed by atoms with Gasteiger partial charge in [0.15, 0.2) is 6.29 Å². The van der Waals surface area contributed by atoms with E-state index in [0.29, 0.717) is 5.92 Å². The largest absolute Gasteiger partial charge is 0.352 e. The molecule has 2 fully saturated rings. The fraction of sp³-hybridized carbons (Fsp3) is 1.00. The van der Waals surface area contributed by atoms with Crippen LogP contribution in [0.2, 0.25) is 0 Å². The lowest BCUT2D eigenvalue weighted by atomic mass is 9.96. The maximum Gasteiger partial charge on any atom is 0.160 e. The van der Waals surface area contributed by atoms with Gasteiger partial charge in [0.1, 0.15) is 0 Å². The van der Waals surface area contributed by atoms with E-state index in [1.54, 1.807) is 0 Å². The summed E-state index contributed by atoms with van der Waals surface area (Å²) in [7, 11) is 0. The van der Waals surface area contributed by atoms with Crippen LogP contribution in [0.1, 0.15) is 13.3 Å². The van der Waals surface area contributed by atoms with Crippen molar-refractivity contribution in [2.24, 2.45) is 11.8 Å². The molecule has 0 N–H and O–H groups in total. The summed E-state index contributed by atoms with van der Waals surface area (Å²) in [5, 5.41) is 0. The van der Waals surface area contributed by atoms with Crippen molar-refractivity contribution in [3.05, 3.63) is 0 Å². The van der Waals surface area contributed by atoms with Crippen molar-refractivity contribution in [2.75, 3.05) is 13.2 Å². The smallest absolute Gasteiger partial charge is 0.160 e. The molecule has 0 spiro atoms. The predicted molar refractivity (Wildman–Crippen MR) is 33.0 cm³/mol. The Morgan fingerprint density at radius 1 is 1.33 bits per heavy atom. The van der Waals surface area contributed by atoms with E-state index >= 15 is 0 Å².